The van der Waals surface area contributed by atoms with E-state index < -0.39 is 10.0 Å². The zero-order valence-electron chi connectivity index (χ0n) is 8.78. The number of nitrogen functional groups attached to an aromatic ring is 1. The summed E-state index contributed by atoms with van der Waals surface area (Å²) in [5.41, 5.74) is 5.63. The molecule has 0 fully saturated rings. The van der Waals surface area contributed by atoms with E-state index in [-0.39, 0.29) is 22.5 Å². The Balaban J connectivity index is 2.35. The molecule has 0 spiro atoms. The van der Waals surface area contributed by atoms with Gasteiger partial charge in [0, 0.05) is 19.3 Å². The maximum atomic E-state index is 11.9. The Kier molecular flexibility index (Phi) is 2.68. The van der Waals surface area contributed by atoms with Crippen LogP contribution >= 0.6 is 0 Å². The highest BCUT2D eigenvalue weighted by Gasteiger charge is 2.20. The van der Waals surface area contributed by atoms with Crippen LogP contribution in [-0.2, 0) is 10.0 Å². The Bertz CT molecular complexity index is 636. The van der Waals surface area contributed by atoms with Crippen molar-refractivity contribution >= 4 is 21.7 Å². The van der Waals surface area contributed by atoms with E-state index in [2.05, 4.69) is 19.9 Å². The highest BCUT2D eigenvalue weighted by molar-refractivity contribution is 7.92. The van der Waals surface area contributed by atoms with Gasteiger partial charge in [-0.2, -0.15) is 0 Å². The summed E-state index contributed by atoms with van der Waals surface area (Å²) in [7, 11) is -3.86. The lowest BCUT2D eigenvalue weighted by Crippen LogP contribution is -2.15. The standard InChI is InChI=1S/C8H9N5O3S/c1-5-11-12-8(16-5)13-17(14,15)7-4-10-3-2-6(7)9/h2-4H,1H3,(H2,9,10)(H,12,13). The highest BCUT2D eigenvalue weighted by atomic mass is 32.2. The summed E-state index contributed by atoms with van der Waals surface area (Å²) in [6.45, 7) is 1.54. The molecule has 0 aliphatic carbocycles. The van der Waals surface area contributed by atoms with Gasteiger partial charge in [0.15, 0.2) is 0 Å². The Morgan fingerprint density at radius 1 is 1.41 bits per heavy atom. The summed E-state index contributed by atoms with van der Waals surface area (Å²) >= 11 is 0. The lowest BCUT2D eigenvalue weighted by Gasteiger charge is -2.05. The molecule has 2 rings (SSSR count). The lowest BCUT2D eigenvalue weighted by atomic mass is 10.4. The normalized spacial score (nSPS) is 11.4. The van der Waals surface area contributed by atoms with Gasteiger partial charge in [0.05, 0.1) is 5.69 Å². The largest absolute Gasteiger partial charge is 0.408 e. The molecule has 0 unspecified atom stereocenters. The summed E-state index contributed by atoms with van der Waals surface area (Å²) in [5.74, 6) is 0.252. The molecular formula is C8H9N5O3S. The van der Waals surface area contributed by atoms with Gasteiger partial charge in [0.25, 0.3) is 10.0 Å². The average Bonchev–Trinajstić information content (AvgIpc) is 2.63. The first kappa shape index (κ1) is 11.3. The third-order valence-electron chi connectivity index (χ3n) is 1.85. The number of nitrogens with one attached hydrogen (secondary N) is 1. The first-order valence-electron chi connectivity index (χ1n) is 4.51. The van der Waals surface area contributed by atoms with Gasteiger partial charge < -0.3 is 10.2 Å². The van der Waals surface area contributed by atoms with Gasteiger partial charge in [-0.05, 0) is 6.07 Å². The zero-order valence-corrected chi connectivity index (χ0v) is 9.60. The molecule has 9 heteroatoms. The summed E-state index contributed by atoms with van der Waals surface area (Å²) in [6.07, 6.45) is 2.53. The minimum absolute atomic E-state index is 0.0868. The summed E-state index contributed by atoms with van der Waals surface area (Å²) in [6, 6.07) is 1.17. The van der Waals surface area contributed by atoms with Gasteiger partial charge in [-0.3, -0.25) is 4.98 Å². The fourth-order valence-electron chi connectivity index (χ4n) is 1.12. The zero-order chi connectivity index (χ0) is 12.5. The smallest absolute Gasteiger partial charge is 0.329 e. The van der Waals surface area contributed by atoms with Gasteiger partial charge in [-0.15, -0.1) is 5.10 Å². The topological polar surface area (TPSA) is 124 Å². The Labute approximate surface area is 96.9 Å². The SMILES string of the molecule is Cc1nnc(NS(=O)(=O)c2cnccc2N)o1. The molecule has 0 radical (unpaired) electrons. The number of aromatic nitrogens is 3. The lowest BCUT2D eigenvalue weighted by molar-refractivity contribution is 0.534. The van der Waals surface area contributed by atoms with Crippen LogP contribution in [0.1, 0.15) is 5.89 Å². The molecule has 3 N–H and O–H groups in total. The Morgan fingerprint density at radius 2 is 2.18 bits per heavy atom. The predicted octanol–water partition coefficient (Wildman–Crippen LogP) is 0.156. The molecule has 0 aliphatic heterocycles. The maximum absolute atomic E-state index is 11.9. The second-order valence-corrected chi connectivity index (χ2v) is 4.80. The number of nitrogens with zero attached hydrogens (tertiary/aromatic N) is 3. The molecular weight excluding hydrogens is 246 g/mol. The van der Waals surface area contributed by atoms with Crippen LogP contribution in [0, 0.1) is 6.92 Å². The van der Waals surface area contributed by atoms with Crippen molar-refractivity contribution in [3.63, 3.8) is 0 Å². The van der Waals surface area contributed by atoms with E-state index in [1.165, 1.54) is 12.3 Å². The van der Waals surface area contributed by atoms with Crippen LogP contribution in [0.2, 0.25) is 0 Å². The molecule has 0 bridgehead atoms. The van der Waals surface area contributed by atoms with E-state index in [0.29, 0.717) is 0 Å². The Hall–Kier alpha value is -2.16. The minimum atomic E-state index is -3.86. The summed E-state index contributed by atoms with van der Waals surface area (Å²) in [5, 5.41) is 7.01. The fraction of sp³-hybridized carbons (Fsp3) is 0.125. The van der Waals surface area contributed by atoms with Crippen LogP contribution in [0.5, 0.6) is 0 Å². The first-order chi connectivity index (χ1) is 7.99. The average molecular weight is 255 g/mol. The second kappa shape index (κ2) is 4.01. The summed E-state index contributed by atoms with van der Waals surface area (Å²) < 4.78 is 30.8. The van der Waals surface area contributed by atoms with Crippen molar-refractivity contribution in [2.24, 2.45) is 0 Å². The van der Waals surface area contributed by atoms with Crippen LogP contribution < -0.4 is 10.5 Å². The van der Waals surface area contributed by atoms with E-state index in [1.807, 2.05) is 0 Å². The van der Waals surface area contributed by atoms with E-state index in [4.69, 9.17) is 10.2 Å². The number of sulfonamides is 1. The van der Waals surface area contributed by atoms with E-state index in [0.717, 1.165) is 6.20 Å². The van der Waals surface area contributed by atoms with Crippen molar-refractivity contribution in [1.29, 1.82) is 0 Å². The molecule has 0 saturated carbocycles. The van der Waals surface area contributed by atoms with Crippen LogP contribution in [0.15, 0.2) is 27.8 Å². The molecule has 2 heterocycles. The fourth-order valence-corrected chi connectivity index (χ4v) is 2.12. The van der Waals surface area contributed by atoms with Gasteiger partial charge in [-0.25, -0.2) is 13.1 Å². The number of pyridine rings is 1. The monoisotopic (exact) mass is 255 g/mol. The molecule has 0 atom stereocenters. The van der Waals surface area contributed by atoms with E-state index in [9.17, 15) is 8.42 Å². The predicted molar refractivity (Wildman–Crippen MR) is 58.5 cm³/mol. The van der Waals surface area contributed by atoms with Crippen molar-refractivity contribution in [2.45, 2.75) is 11.8 Å². The summed E-state index contributed by atoms with van der Waals surface area (Å²) in [4.78, 5) is 3.55. The molecule has 0 amide bonds. The first-order valence-corrected chi connectivity index (χ1v) is 6.00. The van der Waals surface area contributed by atoms with Crippen LogP contribution in [0.25, 0.3) is 0 Å². The maximum Gasteiger partial charge on any atom is 0.329 e. The van der Waals surface area contributed by atoms with Crippen LogP contribution in [0.3, 0.4) is 0 Å². The van der Waals surface area contributed by atoms with Crippen molar-refractivity contribution < 1.29 is 12.8 Å². The van der Waals surface area contributed by atoms with Crippen molar-refractivity contribution in [2.75, 3.05) is 10.5 Å². The van der Waals surface area contributed by atoms with Crippen molar-refractivity contribution in [1.82, 2.24) is 15.2 Å². The van der Waals surface area contributed by atoms with E-state index >= 15 is 0 Å². The third-order valence-corrected chi connectivity index (χ3v) is 3.22. The van der Waals surface area contributed by atoms with Gasteiger partial charge in [-0.1, -0.05) is 5.10 Å². The molecule has 90 valence electrons. The molecule has 0 aromatic carbocycles. The molecule has 8 nitrogen and oxygen atoms in total. The quantitative estimate of drug-likeness (QED) is 0.800. The van der Waals surface area contributed by atoms with Crippen molar-refractivity contribution in [3.05, 3.63) is 24.4 Å². The Morgan fingerprint density at radius 3 is 2.76 bits per heavy atom. The second-order valence-electron chi connectivity index (χ2n) is 3.15. The number of hydrogen-bond donors (Lipinski definition) is 2. The molecule has 2 aromatic heterocycles. The molecule has 17 heavy (non-hydrogen) atoms. The number of anilines is 2. The van der Waals surface area contributed by atoms with Gasteiger partial charge in [0.1, 0.15) is 4.90 Å². The van der Waals surface area contributed by atoms with Gasteiger partial charge >= 0.3 is 6.01 Å². The number of rotatable bonds is 3. The van der Waals surface area contributed by atoms with Crippen LogP contribution in [-0.4, -0.2) is 23.6 Å². The minimum Gasteiger partial charge on any atom is -0.408 e. The number of nitrogens with two attached hydrogens (primary N) is 1. The van der Waals surface area contributed by atoms with Crippen molar-refractivity contribution in [3.8, 4) is 0 Å². The highest BCUT2D eigenvalue weighted by Crippen LogP contribution is 2.19. The van der Waals surface area contributed by atoms with E-state index in [1.54, 1.807) is 6.92 Å². The number of aryl methyl sites for hydroxylation is 1. The molecule has 2 aromatic rings. The third kappa shape index (κ3) is 2.33. The number of hydrogen-bond acceptors (Lipinski definition) is 7. The van der Waals surface area contributed by atoms with Crippen LogP contribution in [0.4, 0.5) is 11.7 Å². The van der Waals surface area contributed by atoms with Gasteiger partial charge in [0.2, 0.25) is 5.89 Å². The molecule has 0 aliphatic rings. The molecule has 0 saturated heterocycles.